The van der Waals surface area contributed by atoms with Gasteiger partial charge < -0.3 is 11.1 Å². The molecule has 0 saturated heterocycles. The normalized spacial score (nSPS) is 10.4. The largest absolute Gasteiger partial charge is 0.389 e. The maximum Gasteiger partial charge on any atom is 0.104 e. The summed E-state index contributed by atoms with van der Waals surface area (Å²) in [5.41, 5.74) is 7.50. The number of hydrogen-bond acceptors (Lipinski definition) is 3. The van der Waals surface area contributed by atoms with Crippen LogP contribution >= 0.6 is 28.1 Å². The van der Waals surface area contributed by atoms with Crippen LogP contribution in [0.25, 0.3) is 0 Å². The standard InChI is InChI=1S/C13H15BrN4S/c14-11-9-10(13(15)19)3-4-12(11)16-5-1-7-18-8-2-6-17-18/h2-4,6,8-9,16H,1,5,7H2,(H2,15,19). The highest BCUT2D eigenvalue weighted by Crippen LogP contribution is 2.23. The Hall–Kier alpha value is -1.40. The molecule has 0 atom stereocenters. The molecule has 1 aromatic carbocycles. The van der Waals surface area contributed by atoms with Crippen LogP contribution in [0.4, 0.5) is 5.69 Å². The molecule has 0 bridgehead atoms. The Morgan fingerprint density at radius 2 is 2.32 bits per heavy atom. The first-order chi connectivity index (χ1) is 9.16. The number of rotatable bonds is 6. The van der Waals surface area contributed by atoms with E-state index in [1.54, 1.807) is 6.20 Å². The van der Waals surface area contributed by atoms with E-state index in [0.29, 0.717) is 4.99 Å². The first-order valence-corrected chi connectivity index (χ1v) is 7.17. The third-order valence-corrected chi connectivity index (χ3v) is 3.58. The molecule has 0 spiro atoms. The van der Waals surface area contributed by atoms with Crippen LogP contribution in [0.2, 0.25) is 0 Å². The van der Waals surface area contributed by atoms with E-state index in [0.717, 1.165) is 35.2 Å². The minimum atomic E-state index is 0.408. The zero-order valence-corrected chi connectivity index (χ0v) is 12.7. The van der Waals surface area contributed by atoms with Crippen LogP contribution in [0.1, 0.15) is 12.0 Å². The number of nitrogens with two attached hydrogens (primary N) is 1. The summed E-state index contributed by atoms with van der Waals surface area (Å²) in [4.78, 5) is 0.408. The molecule has 0 aliphatic rings. The maximum atomic E-state index is 5.59. The Morgan fingerprint density at radius 1 is 1.47 bits per heavy atom. The topological polar surface area (TPSA) is 55.9 Å². The fourth-order valence-electron chi connectivity index (χ4n) is 1.71. The summed E-state index contributed by atoms with van der Waals surface area (Å²) in [6, 6.07) is 7.76. The Kier molecular flexibility index (Phi) is 4.93. The molecule has 0 saturated carbocycles. The molecule has 2 rings (SSSR count). The van der Waals surface area contributed by atoms with E-state index in [4.69, 9.17) is 18.0 Å². The predicted molar refractivity (Wildman–Crippen MR) is 85.4 cm³/mol. The van der Waals surface area contributed by atoms with Crippen LogP contribution in [0, 0.1) is 0 Å². The number of anilines is 1. The van der Waals surface area contributed by atoms with Gasteiger partial charge in [0.2, 0.25) is 0 Å². The van der Waals surface area contributed by atoms with E-state index in [1.165, 1.54) is 0 Å². The Labute approximate surface area is 126 Å². The van der Waals surface area contributed by atoms with Crippen LogP contribution in [-0.2, 0) is 6.54 Å². The molecule has 0 radical (unpaired) electrons. The highest BCUT2D eigenvalue weighted by Gasteiger charge is 2.02. The number of thiocarbonyl (C=S) groups is 1. The van der Waals surface area contributed by atoms with Gasteiger partial charge in [0, 0.05) is 41.2 Å². The van der Waals surface area contributed by atoms with Gasteiger partial charge in [0.15, 0.2) is 0 Å². The van der Waals surface area contributed by atoms with Crippen LogP contribution in [0.15, 0.2) is 41.1 Å². The lowest BCUT2D eigenvalue weighted by Crippen LogP contribution is -2.10. The van der Waals surface area contributed by atoms with Crippen LogP contribution in [-0.4, -0.2) is 21.3 Å². The number of benzene rings is 1. The molecular weight excluding hydrogens is 324 g/mol. The summed E-state index contributed by atoms with van der Waals surface area (Å²) in [6.45, 7) is 1.79. The monoisotopic (exact) mass is 338 g/mol. The third-order valence-electron chi connectivity index (χ3n) is 2.69. The molecule has 0 unspecified atom stereocenters. The van der Waals surface area contributed by atoms with E-state index in [1.807, 2.05) is 35.1 Å². The van der Waals surface area contributed by atoms with Gasteiger partial charge in [-0.15, -0.1) is 0 Å². The summed E-state index contributed by atoms with van der Waals surface area (Å²) < 4.78 is 2.89. The van der Waals surface area contributed by atoms with Crippen LogP contribution in [0.3, 0.4) is 0 Å². The van der Waals surface area contributed by atoms with Gasteiger partial charge in [-0.2, -0.15) is 5.10 Å². The minimum absolute atomic E-state index is 0.408. The molecule has 1 heterocycles. The second-order valence-corrected chi connectivity index (χ2v) is 5.40. The molecule has 3 N–H and O–H groups in total. The zero-order valence-electron chi connectivity index (χ0n) is 10.3. The molecule has 4 nitrogen and oxygen atoms in total. The minimum Gasteiger partial charge on any atom is -0.389 e. The van der Waals surface area contributed by atoms with Crippen molar-refractivity contribution in [3.8, 4) is 0 Å². The molecular formula is C13H15BrN4S. The van der Waals surface area contributed by atoms with Gasteiger partial charge in [-0.25, -0.2) is 0 Å². The van der Waals surface area contributed by atoms with Crippen molar-refractivity contribution >= 4 is 38.8 Å². The fraction of sp³-hybridized carbons (Fsp3) is 0.231. The van der Waals surface area contributed by atoms with Crippen molar-refractivity contribution in [1.29, 1.82) is 0 Å². The molecule has 19 heavy (non-hydrogen) atoms. The summed E-state index contributed by atoms with van der Waals surface area (Å²) >= 11 is 8.45. The molecule has 0 amide bonds. The zero-order chi connectivity index (χ0) is 13.7. The SMILES string of the molecule is NC(=S)c1ccc(NCCCn2cccn2)c(Br)c1. The van der Waals surface area contributed by atoms with Crippen molar-refractivity contribution in [2.75, 3.05) is 11.9 Å². The van der Waals surface area contributed by atoms with Crippen molar-refractivity contribution in [1.82, 2.24) is 9.78 Å². The summed E-state index contributed by atoms with van der Waals surface area (Å²) in [5.74, 6) is 0. The summed E-state index contributed by atoms with van der Waals surface area (Å²) in [7, 11) is 0. The highest BCUT2D eigenvalue weighted by molar-refractivity contribution is 9.10. The lowest BCUT2D eigenvalue weighted by atomic mass is 10.2. The molecule has 0 aliphatic carbocycles. The van der Waals surface area contributed by atoms with E-state index in [2.05, 4.69) is 26.3 Å². The molecule has 0 aliphatic heterocycles. The van der Waals surface area contributed by atoms with Gasteiger partial charge in [0.25, 0.3) is 0 Å². The van der Waals surface area contributed by atoms with Gasteiger partial charge in [-0.1, -0.05) is 12.2 Å². The van der Waals surface area contributed by atoms with Gasteiger partial charge in [-0.3, -0.25) is 4.68 Å². The average Bonchev–Trinajstić information content (AvgIpc) is 2.89. The maximum absolute atomic E-state index is 5.59. The van der Waals surface area contributed by atoms with Crippen molar-refractivity contribution in [2.24, 2.45) is 5.73 Å². The van der Waals surface area contributed by atoms with Crippen LogP contribution < -0.4 is 11.1 Å². The second kappa shape index (κ2) is 6.68. The third kappa shape index (κ3) is 4.04. The van der Waals surface area contributed by atoms with E-state index < -0.39 is 0 Å². The highest BCUT2D eigenvalue weighted by atomic mass is 79.9. The van der Waals surface area contributed by atoms with E-state index in [9.17, 15) is 0 Å². The smallest absolute Gasteiger partial charge is 0.104 e. The number of aryl methyl sites for hydroxylation is 1. The quantitative estimate of drug-likeness (QED) is 0.628. The Balaban J connectivity index is 1.84. The second-order valence-electron chi connectivity index (χ2n) is 4.11. The first kappa shape index (κ1) is 14.0. The van der Waals surface area contributed by atoms with Crippen molar-refractivity contribution in [3.05, 3.63) is 46.7 Å². The average molecular weight is 339 g/mol. The predicted octanol–water partition coefficient (Wildman–Crippen LogP) is 2.78. The number of halogens is 1. The molecule has 6 heteroatoms. The first-order valence-electron chi connectivity index (χ1n) is 5.97. The van der Waals surface area contributed by atoms with E-state index >= 15 is 0 Å². The molecule has 0 fully saturated rings. The molecule has 100 valence electrons. The van der Waals surface area contributed by atoms with Gasteiger partial charge >= 0.3 is 0 Å². The van der Waals surface area contributed by atoms with Crippen molar-refractivity contribution in [3.63, 3.8) is 0 Å². The number of nitrogens with zero attached hydrogens (tertiary/aromatic N) is 2. The summed E-state index contributed by atoms with van der Waals surface area (Å²) in [5, 5.41) is 7.53. The lowest BCUT2D eigenvalue weighted by molar-refractivity contribution is 0.592. The molecule has 2 aromatic rings. The van der Waals surface area contributed by atoms with Gasteiger partial charge in [0.05, 0.1) is 0 Å². The Morgan fingerprint density at radius 3 is 2.95 bits per heavy atom. The number of aromatic nitrogens is 2. The van der Waals surface area contributed by atoms with Gasteiger partial charge in [0.1, 0.15) is 4.99 Å². The van der Waals surface area contributed by atoms with Crippen LogP contribution in [0.5, 0.6) is 0 Å². The molecule has 1 aromatic heterocycles. The number of hydrogen-bond donors (Lipinski definition) is 2. The van der Waals surface area contributed by atoms with Crippen molar-refractivity contribution in [2.45, 2.75) is 13.0 Å². The number of nitrogens with one attached hydrogen (secondary N) is 1. The lowest BCUT2D eigenvalue weighted by Gasteiger charge is -2.10. The summed E-state index contributed by atoms with van der Waals surface area (Å²) in [6.07, 6.45) is 4.76. The fourth-order valence-corrected chi connectivity index (χ4v) is 2.35. The van der Waals surface area contributed by atoms with Crippen molar-refractivity contribution < 1.29 is 0 Å². The van der Waals surface area contributed by atoms with Gasteiger partial charge in [-0.05, 0) is 46.6 Å². The Bertz CT molecular complexity index is 554. The van der Waals surface area contributed by atoms with E-state index in [-0.39, 0.29) is 0 Å².